The number of ether oxygens (including phenoxy) is 2. The summed E-state index contributed by atoms with van der Waals surface area (Å²) >= 11 is 1.72. The highest BCUT2D eigenvalue weighted by molar-refractivity contribution is 7.98. The number of hydrogen-bond acceptors (Lipinski definition) is 6. The summed E-state index contributed by atoms with van der Waals surface area (Å²) in [6, 6.07) is 13.4. The summed E-state index contributed by atoms with van der Waals surface area (Å²) in [4.78, 5) is 17.5. The SMILES string of the molecule is COc1cc(COc2ccc(C(=O)CC(C)C)c(O)c2C)ccc1CSc1ccncc1. The van der Waals surface area contributed by atoms with Crippen molar-refractivity contribution >= 4 is 17.5 Å². The molecule has 0 saturated carbocycles. The molecule has 5 nitrogen and oxygen atoms in total. The van der Waals surface area contributed by atoms with Crippen LogP contribution in [-0.4, -0.2) is 23.0 Å². The highest BCUT2D eigenvalue weighted by Crippen LogP contribution is 2.33. The monoisotopic (exact) mass is 451 g/mol. The fourth-order valence-corrected chi connectivity index (χ4v) is 4.17. The molecule has 0 spiro atoms. The minimum atomic E-state index is -0.0582. The molecule has 2 aromatic carbocycles. The Balaban J connectivity index is 1.67. The molecule has 6 heteroatoms. The Hall–Kier alpha value is -2.99. The van der Waals surface area contributed by atoms with E-state index in [1.165, 1.54) is 0 Å². The zero-order valence-corrected chi connectivity index (χ0v) is 19.7. The molecule has 0 unspecified atom stereocenters. The molecular weight excluding hydrogens is 422 g/mol. The van der Waals surface area contributed by atoms with Crippen LogP contribution in [0.15, 0.2) is 59.8 Å². The van der Waals surface area contributed by atoms with Gasteiger partial charge in [0.1, 0.15) is 23.9 Å². The second kappa shape index (κ2) is 11.0. The lowest BCUT2D eigenvalue weighted by Gasteiger charge is -2.15. The lowest BCUT2D eigenvalue weighted by atomic mass is 9.98. The third kappa shape index (κ3) is 6.04. The van der Waals surface area contributed by atoms with Crippen molar-refractivity contribution in [1.82, 2.24) is 4.98 Å². The van der Waals surface area contributed by atoms with E-state index in [4.69, 9.17) is 9.47 Å². The van der Waals surface area contributed by atoms with Crippen molar-refractivity contribution < 1.29 is 19.4 Å². The van der Waals surface area contributed by atoms with Crippen molar-refractivity contribution in [3.63, 3.8) is 0 Å². The molecule has 0 aliphatic heterocycles. The summed E-state index contributed by atoms with van der Waals surface area (Å²) in [6.45, 7) is 6.05. The van der Waals surface area contributed by atoms with Gasteiger partial charge in [0.05, 0.1) is 12.7 Å². The average molecular weight is 452 g/mol. The first-order valence-corrected chi connectivity index (χ1v) is 11.5. The second-order valence-electron chi connectivity index (χ2n) is 8.01. The molecule has 0 radical (unpaired) electrons. The number of methoxy groups -OCH3 is 1. The van der Waals surface area contributed by atoms with E-state index in [1.807, 2.05) is 44.2 Å². The molecule has 1 N–H and O–H groups in total. The summed E-state index contributed by atoms with van der Waals surface area (Å²) in [5, 5.41) is 10.5. The van der Waals surface area contributed by atoms with E-state index >= 15 is 0 Å². The Kier molecular flexibility index (Phi) is 8.17. The maximum atomic E-state index is 12.3. The largest absolute Gasteiger partial charge is 0.507 e. The van der Waals surface area contributed by atoms with E-state index in [2.05, 4.69) is 4.98 Å². The van der Waals surface area contributed by atoms with Crippen molar-refractivity contribution in [3.05, 3.63) is 77.1 Å². The number of ketones is 1. The van der Waals surface area contributed by atoms with Crippen LogP contribution < -0.4 is 9.47 Å². The van der Waals surface area contributed by atoms with Crippen LogP contribution in [0.2, 0.25) is 0 Å². The van der Waals surface area contributed by atoms with Gasteiger partial charge in [-0.3, -0.25) is 9.78 Å². The van der Waals surface area contributed by atoms with Crippen molar-refractivity contribution in [2.75, 3.05) is 7.11 Å². The third-order valence-electron chi connectivity index (χ3n) is 5.07. The quantitative estimate of drug-likeness (QED) is 0.292. The normalized spacial score (nSPS) is 10.9. The van der Waals surface area contributed by atoms with Crippen LogP contribution in [0.25, 0.3) is 0 Å². The summed E-state index contributed by atoms with van der Waals surface area (Å²) < 4.78 is 11.5. The smallest absolute Gasteiger partial charge is 0.166 e. The summed E-state index contributed by atoms with van der Waals surface area (Å²) in [5.74, 6) is 2.32. The van der Waals surface area contributed by atoms with Crippen LogP contribution in [-0.2, 0) is 12.4 Å². The van der Waals surface area contributed by atoms with Crippen LogP contribution >= 0.6 is 11.8 Å². The molecule has 1 heterocycles. The summed E-state index contributed by atoms with van der Waals surface area (Å²) in [7, 11) is 1.66. The number of phenols is 1. The van der Waals surface area contributed by atoms with Crippen LogP contribution in [0.4, 0.5) is 0 Å². The number of pyridine rings is 1. The van der Waals surface area contributed by atoms with Gasteiger partial charge in [-0.15, -0.1) is 11.8 Å². The van der Waals surface area contributed by atoms with Crippen molar-refractivity contribution in [2.45, 2.75) is 44.4 Å². The molecule has 0 atom stereocenters. The first-order chi connectivity index (χ1) is 15.4. The van der Waals surface area contributed by atoms with Crippen LogP contribution in [0, 0.1) is 12.8 Å². The Morgan fingerprint density at radius 2 is 1.84 bits per heavy atom. The number of benzene rings is 2. The number of rotatable bonds is 10. The number of nitrogens with zero attached hydrogens (tertiary/aromatic N) is 1. The van der Waals surface area contributed by atoms with E-state index in [0.29, 0.717) is 29.9 Å². The molecule has 1 aromatic heterocycles. The van der Waals surface area contributed by atoms with E-state index in [1.54, 1.807) is 50.3 Å². The van der Waals surface area contributed by atoms with Crippen LogP contribution in [0.5, 0.6) is 17.2 Å². The standard InChI is InChI=1S/C26H29NO4S/c1-17(2)13-23(28)22-7-8-24(18(3)26(22)29)31-15-19-5-6-20(25(14-19)30-4)16-32-21-9-11-27-12-10-21/h5-12,14,17,29H,13,15-16H2,1-4H3. The predicted octanol–water partition coefficient (Wildman–Crippen LogP) is 6.20. The predicted molar refractivity (Wildman–Crippen MR) is 128 cm³/mol. The number of carbonyl (C=O) groups is 1. The Morgan fingerprint density at radius 1 is 1.09 bits per heavy atom. The first-order valence-electron chi connectivity index (χ1n) is 10.6. The number of Topliss-reactive ketones (excluding diaryl/α,β-unsaturated/α-hetero) is 1. The van der Waals surface area contributed by atoms with Gasteiger partial charge in [-0.1, -0.05) is 26.0 Å². The minimum absolute atomic E-state index is 0.00536. The number of phenolic OH excluding ortho intramolecular Hbond substituents is 1. The molecule has 0 bridgehead atoms. The molecule has 32 heavy (non-hydrogen) atoms. The van der Waals surface area contributed by atoms with Crippen molar-refractivity contribution in [3.8, 4) is 17.2 Å². The molecule has 0 aliphatic carbocycles. The van der Waals surface area contributed by atoms with Crippen molar-refractivity contribution in [1.29, 1.82) is 0 Å². The lowest BCUT2D eigenvalue weighted by Crippen LogP contribution is -2.05. The van der Waals surface area contributed by atoms with Gasteiger partial charge in [-0.2, -0.15) is 0 Å². The number of aromatic nitrogens is 1. The fourth-order valence-electron chi connectivity index (χ4n) is 3.30. The van der Waals surface area contributed by atoms with E-state index in [0.717, 1.165) is 27.5 Å². The van der Waals surface area contributed by atoms with Gasteiger partial charge in [0.25, 0.3) is 0 Å². The Labute approximate surface area is 193 Å². The molecule has 168 valence electrons. The van der Waals surface area contributed by atoms with Gasteiger partial charge >= 0.3 is 0 Å². The van der Waals surface area contributed by atoms with Crippen molar-refractivity contribution in [2.24, 2.45) is 5.92 Å². The second-order valence-corrected chi connectivity index (χ2v) is 9.06. The minimum Gasteiger partial charge on any atom is -0.507 e. The fraction of sp³-hybridized carbons (Fsp3) is 0.308. The molecule has 0 saturated heterocycles. The molecular formula is C26H29NO4S. The van der Waals surface area contributed by atoms with Gasteiger partial charge in [0.2, 0.25) is 0 Å². The number of hydrogen-bond donors (Lipinski definition) is 1. The zero-order chi connectivity index (χ0) is 23.1. The number of thioether (sulfide) groups is 1. The summed E-state index contributed by atoms with van der Waals surface area (Å²) in [5.41, 5.74) is 2.97. The van der Waals surface area contributed by atoms with Gasteiger partial charge < -0.3 is 14.6 Å². The molecule has 0 fully saturated rings. The number of carbonyl (C=O) groups excluding carboxylic acids is 1. The topological polar surface area (TPSA) is 68.7 Å². The Morgan fingerprint density at radius 3 is 2.53 bits per heavy atom. The maximum Gasteiger partial charge on any atom is 0.166 e. The molecule has 0 amide bonds. The van der Waals surface area contributed by atoms with Gasteiger partial charge in [0.15, 0.2) is 5.78 Å². The van der Waals surface area contributed by atoms with E-state index in [-0.39, 0.29) is 17.5 Å². The highest BCUT2D eigenvalue weighted by Gasteiger charge is 2.17. The van der Waals surface area contributed by atoms with Crippen LogP contribution in [0.1, 0.15) is 47.3 Å². The lowest BCUT2D eigenvalue weighted by molar-refractivity contribution is 0.0965. The maximum absolute atomic E-state index is 12.3. The van der Waals surface area contributed by atoms with E-state index in [9.17, 15) is 9.90 Å². The van der Waals surface area contributed by atoms with E-state index < -0.39 is 0 Å². The molecule has 3 rings (SSSR count). The Bertz CT molecular complexity index is 1070. The average Bonchev–Trinajstić information content (AvgIpc) is 2.79. The molecule has 3 aromatic rings. The van der Waals surface area contributed by atoms with Crippen LogP contribution in [0.3, 0.4) is 0 Å². The third-order valence-corrected chi connectivity index (χ3v) is 6.13. The summed E-state index contributed by atoms with van der Waals surface area (Å²) in [6.07, 6.45) is 3.97. The highest BCUT2D eigenvalue weighted by atomic mass is 32.2. The first kappa shape index (κ1) is 23.7. The van der Waals surface area contributed by atoms with Gasteiger partial charge in [0, 0.05) is 40.6 Å². The number of aromatic hydroxyl groups is 1. The molecule has 0 aliphatic rings. The van der Waals surface area contributed by atoms with Gasteiger partial charge in [-0.05, 0) is 48.7 Å². The zero-order valence-electron chi connectivity index (χ0n) is 18.9. The van der Waals surface area contributed by atoms with Gasteiger partial charge in [-0.25, -0.2) is 0 Å².